The van der Waals surface area contributed by atoms with Crippen molar-refractivity contribution in [2.45, 2.75) is 25.7 Å². The first kappa shape index (κ1) is 10.3. The third-order valence-corrected chi connectivity index (χ3v) is 3.26. The molecule has 5 heteroatoms. The fourth-order valence-corrected chi connectivity index (χ4v) is 2.33. The molecular weight excluding hydrogens is 216 g/mol. The fourth-order valence-electron chi connectivity index (χ4n) is 2.33. The van der Waals surface area contributed by atoms with Crippen molar-refractivity contribution in [3.05, 3.63) is 33.9 Å². The van der Waals surface area contributed by atoms with Crippen LogP contribution in [0.5, 0.6) is 0 Å². The molecule has 0 aromatic carbocycles. The topological polar surface area (TPSA) is 63.6 Å². The molecule has 1 aliphatic carbocycles. The van der Waals surface area contributed by atoms with Gasteiger partial charge in [-0.15, -0.1) is 0 Å². The normalized spacial score (nSPS) is 14.6. The van der Waals surface area contributed by atoms with Crippen LogP contribution in [-0.4, -0.2) is 19.7 Å². The van der Waals surface area contributed by atoms with E-state index in [1.54, 1.807) is 10.9 Å². The first-order valence-corrected chi connectivity index (χ1v) is 5.86. The molecule has 5 nitrogen and oxygen atoms in total. The number of aryl methyl sites for hydroxylation is 2. The predicted molar refractivity (Wildman–Crippen MR) is 63.7 cm³/mol. The molecule has 0 fully saturated rings. The van der Waals surface area contributed by atoms with E-state index in [0.29, 0.717) is 5.82 Å². The van der Waals surface area contributed by atoms with Gasteiger partial charge in [-0.25, -0.2) is 4.98 Å². The van der Waals surface area contributed by atoms with Crippen LogP contribution in [0.4, 0.5) is 0 Å². The van der Waals surface area contributed by atoms with E-state index >= 15 is 0 Å². The molecule has 1 aliphatic rings. The van der Waals surface area contributed by atoms with Crippen LogP contribution in [0.15, 0.2) is 17.1 Å². The molecule has 0 saturated carbocycles. The van der Waals surface area contributed by atoms with Crippen LogP contribution in [0.2, 0.25) is 0 Å². The highest BCUT2D eigenvalue weighted by atomic mass is 16.1. The zero-order valence-electron chi connectivity index (χ0n) is 9.73. The van der Waals surface area contributed by atoms with E-state index in [0.717, 1.165) is 42.6 Å². The number of aromatic nitrogens is 4. The van der Waals surface area contributed by atoms with Gasteiger partial charge in [0.15, 0.2) is 5.82 Å². The first-order valence-electron chi connectivity index (χ1n) is 5.86. The standard InChI is InChI=1S/C12H14N4O/c1-16-10(6-7-13-16)11-14-9-5-3-2-4-8(9)12(17)15-11/h6-7H,2-5H2,1H3,(H,14,15,17). The van der Waals surface area contributed by atoms with Gasteiger partial charge in [-0.1, -0.05) is 0 Å². The summed E-state index contributed by atoms with van der Waals surface area (Å²) in [5, 5.41) is 4.09. The number of hydrogen-bond acceptors (Lipinski definition) is 3. The van der Waals surface area contributed by atoms with Crippen molar-refractivity contribution in [1.82, 2.24) is 19.7 Å². The Bertz CT molecular complexity index is 611. The summed E-state index contributed by atoms with van der Waals surface area (Å²) in [5.41, 5.74) is 2.67. The van der Waals surface area contributed by atoms with Crippen LogP contribution in [-0.2, 0) is 19.9 Å². The van der Waals surface area contributed by atoms with Crippen molar-refractivity contribution in [3.63, 3.8) is 0 Å². The number of aromatic amines is 1. The molecule has 0 radical (unpaired) electrons. The molecule has 2 heterocycles. The second-order valence-electron chi connectivity index (χ2n) is 4.39. The summed E-state index contributed by atoms with van der Waals surface area (Å²) in [6, 6.07) is 1.85. The summed E-state index contributed by atoms with van der Waals surface area (Å²) in [5.74, 6) is 0.621. The lowest BCUT2D eigenvalue weighted by Crippen LogP contribution is -2.22. The number of rotatable bonds is 1. The highest BCUT2D eigenvalue weighted by Crippen LogP contribution is 2.19. The lowest BCUT2D eigenvalue weighted by molar-refractivity contribution is 0.656. The summed E-state index contributed by atoms with van der Waals surface area (Å²) in [4.78, 5) is 19.4. The second-order valence-corrected chi connectivity index (χ2v) is 4.39. The van der Waals surface area contributed by atoms with Gasteiger partial charge in [0.25, 0.3) is 5.56 Å². The van der Waals surface area contributed by atoms with Crippen LogP contribution >= 0.6 is 0 Å². The Balaban J connectivity index is 2.17. The molecule has 0 atom stereocenters. The highest BCUT2D eigenvalue weighted by Gasteiger charge is 2.16. The van der Waals surface area contributed by atoms with Crippen molar-refractivity contribution in [1.29, 1.82) is 0 Å². The van der Waals surface area contributed by atoms with E-state index in [1.165, 1.54) is 0 Å². The minimum Gasteiger partial charge on any atom is -0.305 e. The van der Waals surface area contributed by atoms with Gasteiger partial charge in [0, 0.05) is 18.8 Å². The van der Waals surface area contributed by atoms with E-state index in [-0.39, 0.29) is 5.56 Å². The molecule has 0 spiro atoms. The number of fused-ring (bicyclic) bond motifs is 1. The van der Waals surface area contributed by atoms with E-state index in [4.69, 9.17) is 0 Å². The number of H-pyrrole nitrogens is 1. The first-order chi connectivity index (χ1) is 8.25. The Hall–Kier alpha value is -1.91. The molecule has 2 aromatic rings. The van der Waals surface area contributed by atoms with E-state index < -0.39 is 0 Å². The number of nitrogens with one attached hydrogen (secondary N) is 1. The van der Waals surface area contributed by atoms with Crippen molar-refractivity contribution in [2.75, 3.05) is 0 Å². The molecule has 0 unspecified atom stereocenters. The summed E-state index contributed by atoms with van der Waals surface area (Å²) < 4.78 is 1.72. The van der Waals surface area contributed by atoms with Crippen LogP contribution in [0.25, 0.3) is 11.5 Å². The monoisotopic (exact) mass is 230 g/mol. The van der Waals surface area contributed by atoms with Gasteiger partial charge < -0.3 is 4.98 Å². The summed E-state index contributed by atoms with van der Waals surface area (Å²) in [6.07, 6.45) is 5.67. The zero-order valence-corrected chi connectivity index (χ0v) is 9.73. The summed E-state index contributed by atoms with van der Waals surface area (Å²) in [7, 11) is 1.84. The van der Waals surface area contributed by atoms with Gasteiger partial charge in [0.2, 0.25) is 0 Å². The molecule has 0 amide bonds. The summed E-state index contributed by atoms with van der Waals surface area (Å²) >= 11 is 0. The van der Waals surface area contributed by atoms with E-state index in [2.05, 4.69) is 15.1 Å². The average Bonchev–Trinajstić information content (AvgIpc) is 2.75. The highest BCUT2D eigenvalue weighted by molar-refractivity contribution is 5.49. The van der Waals surface area contributed by atoms with Gasteiger partial charge in [0.1, 0.15) is 5.69 Å². The molecule has 3 rings (SSSR count). The molecule has 1 N–H and O–H groups in total. The maximum absolute atomic E-state index is 12.0. The Kier molecular flexibility index (Phi) is 2.31. The molecule has 88 valence electrons. The van der Waals surface area contributed by atoms with Gasteiger partial charge >= 0.3 is 0 Å². The maximum atomic E-state index is 12.0. The van der Waals surface area contributed by atoms with Crippen molar-refractivity contribution in [2.24, 2.45) is 7.05 Å². The van der Waals surface area contributed by atoms with Crippen LogP contribution in [0.3, 0.4) is 0 Å². The van der Waals surface area contributed by atoms with Gasteiger partial charge in [0.05, 0.1) is 5.69 Å². The van der Waals surface area contributed by atoms with Crippen LogP contribution in [0, 0.1) is 0 Å². The molecule has 17 heavy (non-hydrogen) atoms. The lowest BCUT2D eigenvalue weighted by Gasteiger charge is -2.14. The largest absolute Gasteiger partial charge is 0.305 e. The van der Waals surface area contributed by atoms with Crippen molar-refractivity contribution in [3.8, 4) is 11.5 Å². The van der Waals surface area contributed by atoms with E-state index in [1.807, 2.05) is 13.1 Å². The minimum atomic E-state index is 0.00546. The lowest BCUT2D eigenvalue weighted by atomic mass is 9.97. The number of nitrogens with zero attached hydrogens (tertiary/aromatic N) is 3. The van der Waals surface area contributed by atoms with Crippen LogP contribution < -0.4 is 5.56 Å². The second kappa shape index (κ2) is 3.84. The average molecular weight is 230 g/mol. The Morgan fingerprint density at radius 2 is 2.18 bits per heavy atom. The van der Waals surface area contributed by atoms with Crippen LogP contribution in [0.1, 0.15) is 24.1 Å². The van der Waals surface area contributed by atoms with Gasteiger partial charge in [-0.05, 0) is 31.7 Å². The van der Waals surface area contributed by atoms with E-state index in [9.17, 15) is 4.79 Å². The maximum Gasteiger partial charge on any atom is 0.254 e. The molecule has 0 aliphatic heterocycles. The quantitative estimate of drug-likeness (QED) is 0.796. The third-order valence-electron chi connectivity index (χ3n) is 3.26. The van der Waals surface area contributed by atoms with Gasteiger partial charge in [-0.3, -0.25) is 9.48 Å². The van der Waals surface area contributed by atoms with Crippen molar-refractivity contribution >= 4 is 0 Å². The molecule has 0 bridgehead atoms. The molecule has 2 aromatic heterocycles. The molecule has 0 saturated heterocycles. The third kappa shape index (κ3) is 1.67. The van der Waals surface area contributed by atoms with Gasteiger partial charge in [-0.2, -0.15) is 5.10 Å². The minimum absolute atomic E-state index is 0.00546. The smallest absolute Gasteiger partial charge is 0.254 e. The SMILES string of the molecule is Cn1nccc1-c1nc2c(c(=O)[nH]1)CCCC2. The number of hydrogen-bond donors (Lipinski definition) is 1. The zero-order chi connectivity index (χ0) is 11.8. The fraction of sp³-hybridized carbons (Fsp3) is 0.417. The molecular formula is C12H14N4O. The Morgan fingerprint density at radius 3 is 2.94 bits per heavy atom. The Morgan fingerprint density at radius 1 is 1.35 bits per heavy atom. The summed E-state index contributed by atoms with van der Waals surface area (Å²) in [6.45, 7) is 0. The predicted octanol–water partition coefficient (Wildman–Crippen LogP) is 1.05. The Labute approximate surface area is 98.5 Å². The van der Waals surface area contributed by atoms with Crippen molar-refractivity contribution < 1.29 is 0 Å².